The molecule has 0 fully saturated rings. The number of aromatic carboxylic acids is 1. The van der Waals surface area contributed by atoms with Crippen LogP contribution in [0.3, 0.4) is 0 Å². The van der Waals surface area contributed by atoms with Gasteiger partial charge >= 0.3 is 5.97 Å². The van der Waals surface area contributed by atoms with Crippen molar-refractivity contribution < 1.29 is 24.4 Å². The van der Waals surface area contributed by atoms with Gasteiger partial charge in [-0.05, 0) is 48.2 Å². The van der Waals surface area contributed by atoms with E-state index in [1.807, 2.05) is 0 Å². The second kappa shape index (κ2) is 10.9. The molecule has 0 atom stereocenters. The number of nitrogens with zero attached hydrogens (tertiary/aromatic N) is 1. The lowest BCUT2D eigenvalue weighted by molar-refractivity contribution is -0.384. The SMILES string of the molecule is Cc1ccc([N+](=O)[O-])cc1NC(=O)CSc1cccc(NC(=O)c2cccc3cccc(C(=O)O)c23)c1. The van der Waals surface area contributed by atoms with Gasteiger partial charge in [0.15, 0.2) is 0 Å². The fraction of sp³-hybridized carbons (Fsp3) is 0.0741. The third kappa shape index (κ3) is 5.93. The molecule has 0 bridgehead atoms. The number of aryl methyl sites for hydroxylation is 1. The van der Waals surface area contributed by atoms with Gasteiger partial charge in [0.1, 0.15) is 0 Å². The van der Waals surface area contributed by atoms with E-state index in [0.29, 0.717) is 32.6 Å². The zero-order chi connectivity index (χ0) is 26.5. The number of carbonyl (C=O) groups is 3. The number of carboxylic acids is 1. The highest BCUT2D eigenvalue weighted by atomic mass is 32.2. The maximum atomic E-state index is 13.1. The molecule has 0 aliphatic heterocycles. The number of nitrogens with one attached hydrogen (secondary N) is 2. The Morgan fingerprint density at radius 3 is 2.32 bits per heavy atom. The number of non-ortho nitro benzene ring substituents is 1. The standard InChI is InChI=1S/C27H21N3O6S/c1-16-11-12-19(30(35)36)14-23(16)29-24(31)15-37-20-8-4-7-18(13-20)28-26(32)21-9-2-5-17-6-3-10-22(25(17)21)27(33)34/h2-14H,15H2,1H3,(H,28,32)(H,29,31)(H,33,34). The topological polar surface area (TPSA) is 139 Å². The maximum Gasteiger partial charge on any atom is 0.336 e. The van der Waals surface area contributed by atoms with Gasteiger partial charge in [-0.3, -0.25) is 19.7 Å². The molecule has 0 saturated carbocycles. The molecule has 0 saturated heterocycles. The Kier molecular flexibility index (Phi) is 7.49. The second-order valence-electron chi connectivity index (χ2n) is 8.09. The van der Waals surface area contributed by atoms with Crippen molar-refractivity contribution in [3.63, 3.8) is 0 Å². The molecule has 37 heavy (non-hydrogen) atoms. The molecule has 2 amide bonds. The molecule has 0 unspecified atom stereocenters. The number of carbonyl (C=O) groups excluding carboxylic acids is 2. The van der Waals surface area contributed by atoms with Crippen LogP contribution in [0.5, 0.6) is 0 Å². The van der Waals surface area contributed by atoms with Crippen LogP contribution in [-0.2, 0) is 4.79 Å². The summed E-state index contributed by atoms with van der Waals surface area (Å²) in [5.74, 6) is -1.87. The largest absolute Gasteiger partial charge is 0.478 e. The van der Waals surface area contributed by atoms with Crippen LogP contribution in [0.1, 0.15) is 26.3 Å². The molecule has 0 radical (unpaired) electrons. The summed E-state index contributed by atoms with van der Waals surface area (Å²) in [6, 6.07) is 21.0. The molecule has 3 N–H and O–H groups in total. The van der Waals surface area contributed by atoms with E-state index in [9.17, 15) is 29.6 Å². The Bertz CT molecular complexity index is 1550. The lowest BCUT2D eigenvalue weighted by Crippen LogP contribution is -2.15. The van der Waals surface area contributed by atoms with E-state index in [2.05, 4.69) is 10.6 Å². The monoisotopic (exact) mass is 515 g/mol. The molecule has 0 aliphatic rings. The van der Waals surface area contributed by atoms with Crippen molar-refractivity contribution in [2.24, 2.45) is 0 Å². The Labute approximate surface area is 215 Å². The minimum Gasteiger partial charge on any atom is -0.478 e. The first-order valence-electron chi connectivity index (χ1n) is 11.1. The van der Waals surface area contributed by atoms with E-state index < -0.39 is 16.8 Å². The fourth-order valence-electron chi connectivity index (χ4n) is 3.76. The zero-order valence-corrected chi connectivity index (χ0v) is 20.4. The van der Waals surface area contributed by atoms with Gasteiger partial charge in [-0.25, -0.2) is 4.79 Å². The normalized spacial score (nSPS) is 10.6. The predicted molar refractivity (Wildman–Crippen MR) is 142 cm³/mol. The van der Waals surface area contributed by atoms with Crippen molar-refractivity contribution in [2.75, 3.05) is 16.4 Å². The molecular weight excluding hydrogens is 494 g/mol. The van der Waals surface area contributed by atoms with E-state index in [1.54, 1.807) is 67.6 Å². The number of fused-ring (bicyclic) bond motifs is 1. The molecule has 4 aromatic rings. The first kappa shape index (κ1) is 25.4. The molecule has 0 aliphatic carbocycles. The first-order valence-corrected chi connectivity index (χ1v) is 12.1. The highest BCUT2D eigenvalue weighted by Gasteiger charge is 2.17. The van der Waals surface area contributed by atoms with Crippen molar-refractivity contribution in [2.45, 2.75) is 11.8 Å². The zero-order valence-electron chi connectivity index (χ0n) is 19.6. The lowest BCUT2D eigenvalue weighted by Gasteiger charge is -2.11. The van der Waals surface area contributed by atoms with Gasteiger partial charge in [-0.2, -0.15) is 0 Å². The van der Waals surface area contributed by atoms with Crippen LogP contribution in [0, 0.1) is 17.0 Å². The molecule has 9 nitrogen and oxygen atoms in total. The molecule has 4 aromatic carbocycles. The highest BCUT2D eigenvalue weighted by molar-refractivity contribution is 8.00. The second-order valence-corrected chi connectivity index (χ2v) is 9.14. The molecule has 0 spiro atoms. The third-order valence-corrected chi connectivity index (χ3v) is 6.54. The van der Waals surface area contributed by atoms with Gasteiger partial charge in [-0.15, -0.1) is 11.8 Å². The Hall–Kier alpha value is -4.70. The van der Waals surface area contributed by atoms with E-state index in [0.717, 1.165) is 0 Å². The van der Waals surface area contributed by atoms with E-state index >= 15 is 0 Å². The summed E-state index contributed by atoms with van der Waals surface area (Å²) in [5, 5.41) is 27.1. The number of amides is 2. The van der Waals surface area contributed by atoms with Crippen molar-refractivity contribution in [3.8, 4) is 0 Å². The lowest BCUT2D eigenvalue weighted by atomic mass is 9.98. The summed E-state index contributed by atoms with van der Waals surface area (Å²) in [4.78, 5) is 48.4. The third-order valence-electron chi connectivity index (χ3n) is 5.55. The summed E-state index contributed by atoms with van der Waals surface area (Å²) >= 11 is 1.24. The van der Waals surface area contributed by atoms with Gasteiger partial charge in [-0.1, -0.05) is 36.4 Å². The minimum absolute atomic E-state index is 0.0394. The van der Waals surface area contributed by atoms with Crippen LogP contribution >= 0.6 is 11.8 Å². The summed E-state index contributed by atoms with van der Waals surface area (Å²) in [7, 11) is 0. The Balaban J connectivity index is 1.45. The summed E-state index contributed by atoms with van der Waals surface area (Å²) < 4.78 is 0. The van der Waals surface area contributed by atoms with Crippen LogP contribution in [0.25, 0.3) is 10.8 Å². The predicted octanol–water partition coefficient (Wildman–Crippen LogP) is 5.74. The van der Waals surface area contributed by atoms with Crippen LogP contribution in [0.15, 0.2) is 83.8 Å². The van der Waals surface area contributed by atoms with Gasteiger partial charge < -0.3 is 15.7 Å². The number of nitro groups is 1. The number of benzene rings is 4. The number of rotatable bonds is 8. The van der Waals surface area contributed by atoms with Crippen molar-refractivity contribution in [1.29, 1.82) is 0 Å². The fourth-order valence-corrected chi connectivity index (χ4v) is 4.52. The molecule has 0 heterocycles. The number of hydrogen-bond donors (Lipinski definition) is 3. The maximum absolute atomic E-state index is 13.1. The van der Waals surface area contributed by atoms with E-state index in [-0.39, 0.29) is 28.5 Å². The summed E-state index contributed by atoms with van der Waals surface area (Å²) in [6.45, 7) is 1.74. The van der Waals surface area contributed by atoms with Crippen molar-refractivity contribution in [3.05, 3.63) is 106 Å². The molecule has 10 heteroatoms. The summed E-state index contributed by atoms with van der Waals surface area (Å²) in [5.41, 5.74) is 1.72. The smallest absolute Gasteiger partial charge is 0.336 e. The average Bonchev–Trinajstić information content (AvgIpc) is 2.88. The molecule has 0 aromatic heterocycles. The quantitative estimate of drug-likeness (QED) is 0.155. The number of thioether (sulfide) groups is 1. The molecule has 4 rings (SSSR count). The Morgan fingerprint density at radius 2 is 1.62 bits per heavy atom. The number of anilines is 2. The van der Waals surface area contributed by atoms with Crippen molar-refractivity contribution >= 4 is 57.4 Å². The molecular formula is C27H21N3O6S. The number of carboxylic acid groups (broad SMARTS) is 1. The minimum atomic E-state index is -1.12. The van der Waals surface area contributed by atoms with Gasteiger partial charge in [0, 0.05) is 33.7 Å². The van der Waals surface area contributed by atoms with Crippen molar-refractivity contribution in [1.82, 2.24) is 0 Å². The van der Waals surface area contributed by atoms with Crippen LogP contribution < -0.4 is 10.6 Å². The number of nitro benzene ring substituents is 1. The van der Waals surface area contributed by atoms with E-state index in [1.165, 1.54) is 30.0 Å². The van der Waals surface area contributed by atoms with Gasteiger partial charge in [0.05, 0.1) is 21.9 Å². The van der Waals surface area contributed by atoms with Crippen LogP contribution in [0.2, 0.25) is 0 Å². The van der Waals surface area contributed by atoms with Crippen LogP contribution in [-0.4, -0.2) is 33.6 Å². The summed E-state index contributed by atoms with van der Waals surface area (Å²) in [6.07, 6.45) is 0. The Morgan fingerprint density at radius 1 is 0.919 bits per heavy atom. The average molecular weight is 516 g/mol. The molecule has 186 valence electrons. The van der Waals surface area contributed by atoms with Gasteiger partial charge in [0.25, 0.3) is 11.6 Å². The van der Waals surface area contributed by atoms with Gasteiger partial charge in [0.2, 0.25) is 5.91 Å². The van der Waals surface area contributed by atoms with E-state index in [4.69, 9.17) is 0 Å². The highest BCUT2D eigenvalue weighted by Crippen LogP contribution is 2.27. The first-order chi connectivity index (χ1) is 17.7. The number of hydrogen-bond acceptors (Lipinski definition) is 6. The van der Waals surface area contributed by atoms with Crippen LogP contribution in [0.4, 0.5) is 17.1 Å².